The first-order valence-electron chi connectivity index (χ1n) is 6.34. The molecule has 0 saturated heterocycles. The van der Waals surface area contributed by atoms with E-state index >= 15 is 0 Å². The highest BCUT2D eigenvalue weighted by molar-refractivity contribution is 5.86. The number of hydrogen-bond donors (Lipinski definition) is 3. The molecule has 1 amide bonds. The lowest BCUT2D eigenvalue weighted by atomic mass is 9.79. The molecule has 4 nitrogen and oxygen atoms in total. The van der Waals surface area contributed by atoms with Crippen molar-refractivity contribution in [2.45, 2.75) is 62.5 Å². The Morgan fingerprint density at radius 1 is 1.12 bits per heavy atom. The number of rotatable bonds is 3. The van der Waals surface area contributed by atoms with Crippen molar-refractivity contribution in [3.63, 3.8) is 0 Å². The van der Waals surface area contributed by atoms with Gasteiger partial charge in [0, 0.05) is 6.54 Å². The molecule has 0 unspecified atom stereocenters. The Kier molecular flexibility index (Phi) is 3.22. The summed E-state index contributed by atoms with van der Waals surface area (Å²) >= 11 is 0. The fourth-order valence-electron chi connectivity index (χ4n) is 2.59. The highest BCUT2D eigenvalue weighted by atomic mass is 16.3. The molecule has 0 radical (unpaired) electrons. The zero-order valence-electron chi connectivity index (χ0n) is 9.80. The summed E-state index contributed by atoms with van der Waals surface area (Å²) < 4.78 is 0. The van der Waals surface area contributed by atoms with E-state index in [2.05, 4.69) is 5.32 Å². The molecule has 0 aromatic carbocycles. The molecule has 2 aliphatic rings. The predicted octanol–water partition coefficient (Wildman–Crippen LogP) is 0.679. The number of carbonyl (C=O) groups excluding carboxylic acids is 1. The van der Waals surface area contributed by atoms with Crippen LogP contribution in [-0.4, -0.2) is 28.7 Å². The highest BCUT2D eigenvalue weighted by Gasteiger charge is 2.39. The monoisotopic (exact) mass is 226 g/mol. The second kappa shape index (κ2) is 4.34. The Bertz CT molecular complexity index is 268. The second-order valence-electron chi connectivity index (χ2n) is 5.48. The average Bonchev–Trinajstić information content (AvgIpc) is 2.24. The van der Waals surface area contributed by atoms with Crippen LogP contribution in [0, 0.1) is 0 Å². The quantitative estimate of drug-likeness (QED) is 0.662. The number of hydrogen-bond acceptors (Lipinski definition) is 3. The van der Waals surface area contributed by atoms with Crippen LogP contribution in [0.25, 0.3) is 0 Å². The normalized spacial score (nSPS) is 26.9. The molecule has 16 heavy (non-hydrogen) atoms. The van der Waals surface area contributed by atoms with Gasteiger partial charge in [-0.25, -0.2) is 0 Å². The Hall–Kier alpha value is -0.610. The first kappa shape index (κ1) is 11.9. The molecule has 4 heteroatoms. The van der Waals surface area contributed by atoms with Crippen molar-refractivity contribution in [3.05, 3.63) is 0 Å². The van der Waals surface area contributed by atoms with E-state index in [0.717, 1.165) is 44.9 Å². The maximum Gasteiger partial charge on any atom is 0.240 e. The SMILES string of the molecule is NC1(C(=O)NCC2(O)CCC2)CCCCC1. The van der Waals surface area contributed by atoms with Crippen LogP contribution in [0.5, 0.6) is 0 Å². The summed E-state index contributed by atoms with van der Waals surface area (Å²) in [6, 6.07) is 0. The van der Waals surface area contributed by atoms with E-state index in [9.17, 15) is 9.90 Å². The van der Waals surface area contributed by atoms with E-state index in [0.29, 0.717) is 6.54 Å². The molecule has 0 heterocycles. The van der Waals surface area contributed by atoms with Gasteiger partial charge in [0.05, 0.1) is 11.1 Å². The van der Waals surface area contributed by atoms with Crippen LogP contribution >= 0.6 is 0 Å². The molecular weight excluding hydrogens is 204 g/mol. The molecule has 92 valence electrons. The molecule has 2 rings (SSSR count). The van der Waals surface area contributed by atoms with Gasteiger partial charge in [-0.05, 0) is 32.1 Å². The van der Waals surface area contributed by atoms with E-state index < -0.39 is 11.1 Å². The zero-order chi connectivity index (χ0) is 11.6. The van der Waals surface area contributed by atoms with Gasteiger partial charge in [0.25, 0.3) is 0 Å². The highest BCUT2D eigenvalue weighted by Crippen LogP contribution is 2.31. The predicted molar refractivity (Wildman–Crippen MR) is 61.8 cm³/mol. The van der Waals surface area contributed by atoms with Crippen molar-refractivity contribution >= 4 is 5.91 Å². The lowest BCUT2D eigenvalue weighted by Gasteiger charge is -2.38. The van der Waals surface area contributed by atoms with Gasteiger partial charge < -0.3 is 16.2 Å². The van der Waals surface area contributed by atoms with E-state index in [1.165, 1.54) is 6.42 Å². The molecule has 0 aliphatic heterocycles. The average molecular weight is 226 g/mol. The van der Waals surface area contributed by atoms with Gasteiger partial charge in [-0.15, -0.1) is 0 Å². The maximum atomic E-state index is 12.0. The lowest BCUT2D eigenvalue weighted by molar-refractivity contribution is -0.129. The van der Waals surface area contributed by atoms with Crippen LogP contribution in [0.2, 0.25) is 0 Å². The Labute approximate surface area is 96.6 Å². The third-order valence-electron chi connectivity index (χ3n) is 4.06. The molecule has 2 aliphatic carbocycles. The van der Waals surface area contributed by atoms with Crippen molar-refractivity contribution < 1.29 is 9.90 Å². The molecule has 0 aromatic heterocycles. The van der Waals surface area contributed by atoms with Crippen LogP contribution in [0.3, 0.4) is 0 Å². The lowest BCUT2D eigenvalue weighted by Crippen LogP contribution is -2.58. The van der Waals surface area contributed by atoms with Crippen molar-refractivity contribution in [2.75, 3.05) is 6.54 Å². The van der Waals surface area contributed by atoms with E-state index in [4.69, 9.17) is 5.73 Å². The number of amides is 1. The van der Waals surface area contributed by atoms with Gasteiger partial charge >= 0.3 is 0 Å². The van der Waals surface area contributed by atoms with Crippen LogP contribution in [0.15, 0.2) is 0 Å². The Balaban J connectivity index is 1.82. The third kappa shape index (κ3) is 2.38. The second-order valence-corrected chi connectivity index (χ2v) is 5.48. The Morgan fingerprint density at radius 3 is 2.25 bits per heavy atom. The number of nitrogens with two attached hydrogens (primary N) is 1. The number of carbonyl (C=O) groups is 1. The summed E-state index contributed by atoms with van der Waals surface area (Å²) in [6.45, 7) is 0.366. The molecule has 0 aromatic rings. The fraction of sp³-hybridized carbons (Fsp3) is 0.917. The molecule has 0 atom stereocenters. The van der Waals surface area contributed by atoms with Crippen LogP contribution in [0.1, 0.15) is 51.4 Å². The first-order valence-corrected chi connectivity index (χ1v) is 6.34. The summed E-state index contributed by atoms with van der Waals surface area (Å²) in [4.78, 5) is 12.0. The van der Waals surface area contributed by atoms with Crippen LogP contribution in [-0.2, 0) is 4.79 Å². The molecular formula is C12H22N2O2. The van der Waals surface area contributed by atoms with Crippen LogP contribution < -0.4 is 11.1 Å². The minimum atomic E-state index is -0.682. The van der Waals surface area contributed by atoms with Crippen LogP contribution in [0.4, 0.5) is 0 Å². The zero-order valence-corrected chi connectivity index (χ0v) is 9.80. The minimum Gasteiger partial charge on any atom is -0.388 e. The van der Waals surface area contributed by atoms with Gasteiger partial charge in [-0.1, -0.05) is 19.3 Å². The van der Waals surface area contributed by atoms with Gasteiger partial charge in [0.15, 0.2) is 0 Å². The molecule has 0 spiro atoms. The third-order valence-corrected chi connectivity index (χ3v) is 4.06. The summed E-state index contributed by atoms with van der Waals surface area (Å²) in [6.07, 6.45) is 7.45. The summed E-state index contributed by atoms with van der Waals surface area (Å²) in [7, 11) is 0. The van der Waals surface area contributed by atoms with Crippen molar-refractivity contribution in [2.24, 2.45) is 5.73 Å². The van der Waals surface area contributed by atoms with Gasteiger partial charge in [0.2, 0.25) is 5.91 Å². The molecule has 2 fully saturated rings. The van der Waals surface area contributed by atoms with Crippen molar-refractivity contribution in [3.8, 4) is 0 Å². The van der Waals surface area contributed by atoms with E-state index in [1.54, 1.807) is 0 Å². The summed E-state index contributed by atoms with van der Waals surface area (Å²) in [5.41, 5.74) is 4.76. The van der Waals surface area contributed by atoms with E-state index in [-0.39, 0.29) is 5.91 Å². The largest absolute Gasteiger partial charge is 0.388 e. The first-order chi connectivity index (χ1) is 7.54. The minimum absolute atomic E-state index is 0.0764. The molecule has 2 saturated carbocycles. The topological polar surface area (TPSA) is 75.4 Å². The summed E-state index contributed by atoms with van der Waals surface area (Å²) in [5, 5.41) is 12.7. The fourth-order valence-corrected chi connectivity index (χ4v) is 2.59. The maximum absolute atomic E-state index is 12.0. The number of aliphatic hydroxyl groups is 1. The standard InChI is InChI=1S/C12H22N2O2/c13-12(7-2-1-3-8-12)10(15)14-9-11(16)5-4-6-11/h16H,1-9,13H2,(H,14,15). The van der Waals surface area contributed by atoms with Crippen molar-refractivity contribution in [1.82, 2.24) is 5.32 Å². The van der Waals surface area contributed by atoms with Gasteiger partial charge in [-0.2, -0.15) is 0 Å². The van der Waals surface area contributed by atoms with Crippen molar-refractivity contribution in [1.29, 1.82) is 0 Å². The summed E-state index contributed by atoms with van der Waals surface area (Å²) in [5.74, 6) is -0.0764. The molecule has 0 bridgehead atoms. The molecule has 4 N–H and O–H groups in total. The number of nitrogens with one attached hydrogen (secondary N) is 1. The van der Waals surface area contributed by atoms with E-state index in [1.807, 2.05) is 0 Å². The van der Waals surface area contributed by atoms with Gasteiger partial charge in [0.1, 0.15) is 0 Å². The smallest absolute Gasteiger partial charge is 0.240 e. The Morgan fingerprint density at radius 2 is 1.75 bits per heavy atom. The van der Waals surface area contributed by atoms with Gasteiger partial charge in [-0.3, -0.25) is 4.79 Å².